The predicted octanol–water partition coefficient (Wildman–Crippen LogP) is 2.43. The first-order valence-corrected chi connectivity index (χ1v) is 4.82. The fourth-order valence-electron chi connectivity index (χ4n) is 1.03. The van der Waals surface area contributed by atoms with Gasteiger partial charge in [0.15, 0.2) is 0 Å². The van der Waals surface area contributed by atoms with Gasteiger partial charge in [-0.05, 0) is 12.8 Å². The maximum Gasteiger partial charge on any atom is 0.0389 e. The Bertz CT molecular complexity index is 66.3. The lowest BCUT2D eigenvalue weighted by atomic mass is 10.1. The van der Waals surface area contributed by atoms with Crippen LogP contribution in [0.5, 0.6) is 0 Å². The van der Waals surface area contributed by atoms with Crippen LogP contribution in [0.2, 0.25) is 0 Å². The van der Waals surface area contributed by atoms with Crippen molar-refractivity contribution in [3.8, 4) is 0 Å². The minimum atomic E-state index is 0.692. The molecule has 2 heteroatoms. The number of thiol groups is 1. The van der Waals surface area contributed by atoms with E-state index in [0.29, 0.717) is 6.04 Å². The van der Waals surface area contributed by atoms with Crippen LogP contribution in [0.25, 0.3) is 0 Å². The Hall–Kier alpha value is 0.310. The maximum atomic E-state index is 4.12. The zero-order chi connectivity index (χ0) is 7.82. The molecule has 0 aliphatic heterocycles. The summed E-state index contributed by atoms with van der Waals surface area (Å²) in [6, 6.07) is 0.692. The molecule has 1 nitrogen and oxygen atoms in total. The Morgan fingerprint density at radius 2 is 2.10 bits per heavy atom. The molecule has 0 saturated heterocycles. The van der Waals surface area contributed by atoms with Crippen molar-refractivity contribution >= 4 is 12.6 Å². The van der Waals surface area contributed by atoms with E-state index >= 15 is 0 Å². The monoisotopic (exact) mass is 161 g/mol. The first-order valence-electron chi connectivity index (χ1n) is 4.19. The second kappa shape index (κ2) is 7.42. The van der Waals surface area contributed by atoms with E-state index in [1.807, 2.05) is 0 Å². The Balaban J connectivity index is 3.21. The number of unbranched alkanes of at least 4 members (excludes halogenated alkanes) is 1. The molecule has 0 fully saturated rings. The van der Waals surface area contributed by atoms with Crippen LogP contribution < -0.4 is 5.32 Å². The quantitative estimate of drug-likeness (QED) is 0.450. The Kier molecular flexibility index (Phi) is 7.65. The number of nitrogens with one attached hydrogen (secondary N) is 1. The fourth-order valence-corrected chi connectivity index (χ4v) is 1.29. The van der Waals surface area contributed by atoms with E-state index in [2.05, 4.69) is 31.8 Å². The lowest BCUT2D eigenvalue weighted by Crippen LogP contribution is -2.26. The molecular weight excluding hydrogens is 142 g/mol. The van der Waals surface area contributed by atoms with Crippen molar-refractivity contribution in [2.45, 2.75) is 45.6 Å². The van der Waals surface area contributed by atoms with Gasteiger partial charge in [0.2, 0.25) is 0 Å². The normalized spacial score (nSPS) is 13.5. The highest BCUT2D eigenvalue weighted by Crippen LogP contribution is 2.03. The summed E-state index contributed by atoms with van der Waals surface area (Å²) >= 11 is 4.12. The van der Waals surface area contributed by atoms with Crippen molar-refractivity contribution in [3.05, 3.63) is 0 Å². The van der Waals surface area contributed by atoms with Crippen LogP contribution >= 0.6 is 12.6 Å². The largest absolute Gasteiger partial charge is 0.305 e. The molecule has 0 radical (unpaired) electrons. The van der Waals surface area contributed by atoms with Gasteiger partial charge in [-0.15, -0.1) is 0 Å². The minimum Gasteiger partial charge on any atom is -0.305 e. The lowest BCUT2D eigenvalue weighted by molar-refractivity contribution is 0.483. The molecule has 10 heavy (non-hydrogen) atoms. The van der Waals surface area contributed by atoms with Gasteiger partial charge in [-0.1, -0.05) is 26.7 Å². The van der Waals surface area contributed by atoms with Crippen molar-refractivity contribution in [3.63, 3.8) is 0 Å². The van der Waals surface area contributed by atoms with E-state index < -0.39 is 0 Å². The molecule has 0 aliphatic rings. The maximum absolute atomic E-state index is 4.12. The minimum absolute atomic E-state index is 0.692. The number of hydrogen-bond donors (Lipinski definition) is 2. The average Bonchev–Trinajstić information content (AvgIpc) is 1.98. The molecule has 1 unspecified atom stereocenters. The van der Waals surface area contributed by atoms with Gasteiger partial charge in [-0.2, -0.15) is 12.6 Å². The van der Waals surface area contributed by atoms with Crippen molar-refractivity contribution < 1.29 is 0 Å². The molecular formula is C8H19NS. The van der Waals surface area contributed by atoms with Gasteiger partial charge in [0.05, 0.1) is 0 Å². The molecule has 0 amide bonds. The molecule has 0 spiro atoms. The van der Waals surface area contributed by atoms with Crippen LogP contribution in [0.15, 0.2) is 0 Å². The third kappa shape index (κ3) is 5.12. The molecule has 1 N–H and O–H groups in total. The summed E-state index contributed by atoms with van der Waals surface area (Å²) in [6.45, 7) is 4.45. The van der Waals surface area contributed by atoms with Gasteiger partial charge < -0.3 is 5.32 Å². The van der Waals surface area contributed by atoms with Gasteiger partial charge in [0.25, 0.3) is 0 Å². The number of rotatable bonds is 6. The summed E-state index contributed by atoms with van der Waals surface area (Å²) in [6.07, 6.45) is 5.15. The zero-order valence-corrected chi connectivity index (χ0v) is 7.95. The predicted molar refractivity (Wildman–Crippen MR) is 50.6 cm³/mol. The molecule has 0 aliphatic carbocycles. The van der Waals surface area contributed by atoms with Crippen LogP contribution in [0, 0.1) is 0 Å². The summed E-state index contributed by atoms with van der Waals surface area (Å²) in [5.41, 5.74) is 0. The molecule has 0 bridgehead atoms. The first kappa shape index (κ1) is 10.3. The number of hydrogen-bond acceptors (Lipinski definition) is 2. The van der Waals surface area contributed by atoms with Gasteiger partial charge in [0.1, 0.15) is 0 Å². The van der Waals surface area contributed by atoms with E-state index in [4.69, 9.17) is 0 Å². The molecule has 62 valence electrons. The Morgan fingerprint density at radius 1 is 1.40 bits per heavy atom. The van der Waals surface area contributed by atoms with Crippen LogP contribution in [-0.2, 0) is 0 Å². The molecule has 0 aromatic rings. The standard InChI is InChI=1S/C8H19NS/c1-3-5-6-8(4-2)9-7-10/h8-10H,3-7H2,1-2H3. The second-order valence-electron chi connectivity index (χ2n) is 2.61. The summed E-state index contributed by atoms with van der Waals surface area (Å²) in [7, 11) is 0. The third-order valence-corrected chi connectivity index (χ3v) is 1.96. The van der Waals surface area contributed by atoms with Gasteiger partial charge in [0, 0.05) is 11.9 Å². The lowest BCUT2D eigenvalue weighted by Gasteiger charge is -2.13. The first-order chi connectivity index (χ1) is 4.85. The van der Waals surface area contributed by atoms with E-state index in [-0.39, 0.29) is 0 Å². The summed E-state index contributed by atoms with van der Waals surface area (Å²) < 4.78 is 0. The summed E-state index contributed by atoms with van der Waals surface area (Å²) in [5.74, 6) is 0.808. The highest BCUT2D eigenvalue weighted by molar-refractivity contribution is 7.80. The Morgan fingerprint density at radius 3 is 2.50 bits per heavy atom. The van der Waals surface area contributed by atoms with Crippen LogP contribution in [0.3, 0.4) is 0 Å². The topological polar surface area (TPSA) is 12.0 Å². The van der Waals surface area contributed by atoms with Gasteiger partial charge in [-0.3, -0.25) is 0 Å². The molecule has 0 aromatic heterocycles. The summed E-state index contributed by atoms with van der Waals surface area (Å²) in [4.78, 5) is 0. The smallest absolute Gasteiger partial charge is 0.0389 e. The van der Waals surface area contributed by atoms with Crippen LogP contribution in [0.1, 0.15) is 39.5 Å². The zero-order valence-electron chi connectivity index (χ0n) is 7.06. The van der Waals surface area contributed by atoms with E-state index in [1.54, 1.807) is 0 Å². The summed E-state index contributed by atoms with van der Waals surface area (Å²) in [5, 5.41) is 3.33. The highest BCUT2D eigenvalue weighted by Gasteiger charge is 2.01. The third-order valence-electron chi connectivity index (χ3n) is 1.78. The molecule has 0 rings (SSSR count). The van der Waals surface area contributed by atoms with Gasteiger partial charge in [-0.25, -0.2) is 0 Å². The molecule has 1 atom stereocenters. The van der Waals surface area contributed by atoms with Crippen molar-refractivity contribution in [1.29, 1.82) is 0 Å². The average molecular weight is 161 g/mol. The second-order valence-corrected chi connectivity index (χ2v) is 2.93. The van der Waals surface area contributed by atoms with Crippen molar-refractivity contribution in [2.24, 2.45) is 0 Å². The fraction of sp³-hybridized carbons (Fsp3) is 1.00. The van der Waals surface area contributed by atoms with Crippen molar-refractivity contribution in [2.75, 3.05) is 5.88 Å². The van der Waals surface area contributed by atoms with Crippen LogP contribution in [-0.4, -0.2) is 11.9 Å². The molecule has 0 heterocycles. The van der Waals surface area contributed by atoms with E-state index in [1.165, 1.54) is 25.7 Å². The van der Waals surface area contributed by atoms with E-state index in [9.17, 15) is 0 Å². The molecule has 0 aromatic carbocycles. The van der Waals surface area contributed by atoms with Gasteiger partial charge >= 0.3 is 0 Å². The molecule has 0 saturated carbocycles. The Labute approximate surface area is 70.0 Å². The van der Waals surface area contributed by atoms with Crippen LogP contribution in [0.4, 0.5) is 0 Å². The highest BCUT2D eigenvalue weighted by atomic mass is 32.1. The van der Waals surface area contributed by atoms with E-state index in [0.717, 1.165) is 5.88 Å². The van der Waals surface area contributed by atoms with Crippen molar-refractivity contribution in [1.82, 2.24) is 5.32 Å². The SMILES string of the molecule is CCCCC(CC)NCS.